The molecule has 1 fully saturated rings. The molecule has 1 heterocycles. The van der Waals surface area contributed by atoms with Crippen molar-refractivity contribution in [3.05, 3.63) is 35.4 Å². The first kappa shape index (κ1) is 19.5. The lowest BCUT2D eigenvalue weighted by atomic mass is 9.91. The van der Waals surface area contributed by atoms with Gasteiger partial charge in [-0.05, 0) is 30.7 Å². The van der Waals surface area contributed by atoms with Gasteiger partial charge in [0.25, 0.3) is 0 Å². The normalized spacial score (nSPS) is 15.8. The van der Waals surface area contributed by atoms with Gasteiger partial charge in [-0.3, -0.25) is 9.59 Å². The molecule has 25 heavy (non-hydrogen) atoms. The molecule has 1 saturated heterocycles. The van der Waals surface area contributed by atoms with Gasteiger partial charge >= 0.3 is 0 Å². The number of carbonyl (C=O) groups is 2. The van der Waals surface area contributed by atoms with E-state index in [9.17, 15) is 9.59 Å². The summed E-state index contributed by atoms with van der Waals surface area (Å²) in [7, 11) is 0. The second-order valence-corrected chi connectivity index (χ2v) is 8.34. The highest BCUT2D eigenvalue weighted by Crippen LogP contribution is 2.20. The highest BCUT2D eigenvalue weighted by molar-refractivity contribution is 5.78. The fourth-order valence-electron chi connectivity index (χ4n) is 3.26. The van der Waals surface area contributed by atoms with E-state index in [4.69, 9.17) is 0 Å². The van der Waals surface area contributed by atoms with E-state index in [2.05, 4.69) is 45.9 Å². The van der Waals surface area contributed by atoms with E-state index in [-0.39, 0.29) is 17.2 Å². The van der Waals surface area contributed by atoms with Crippen LogP contribution >= 0.6 is 0 Å². The summed E-state index contributed by atoms with van der Waals surface area (Å²) in [5.41, 5.74) is 2.45. The van der Waals surface area contributed by atoms with Crippen LogP contribution in [-0.4, -0.2) is 47.8 Å². The minimum absolute atomic E-state index is 0.00666. The summed E-state index contributed by atoms with van der Waals surface area (Å²) >= 11 is 0. The van der Waals surface area contributed by atoms with Crippen molar-refractivity contribution in [1.82, 2.24) is 9.80 Å². The Hall–Kier alpha value is -1.84. The van der Waals surface area contributed by atoms with Crippen LogP contribution in [0, 0.1) is 12.3 Å². The Morgan fingerprint density at radius 3 is 2.24 bits per heavy atom. The topological polar surface area (TPSA) is 40.6 Å². The molecule has 4 nitrogen and oxygen atoms in total. The third-order valence-electron chi connectivity index (χ3n) is 4.59. The van der Waals surface area contributed by atoms with Crippen molar-refractivity contribution in [2.75, 3.05) is 26.2 Å². The SMILES string of the molecule is Cc1cccc(CCC(=O)N2CCCN(C(=O)CC(C)(C)C)CC2)c1. The number of benzene rings is 1. The molecule has 2 rings (SSSR count). The molecule has 0 aromatic heterocycles. The Morgan fingerprint density at radius 2 is 1.64 bits per heavy atom. The Morgan fingerprint density at radius 1 is 1.00 bits per heavy atom. The summed E-state index contributed by atoms with van der Waals surface area (Å²) in [6.07, 6.45) is 2.75. The minimum Gasteiger partial charge on any atom is -0.341 e. The maximum Gasteiger partial charge on any atom is 0.223 e. The van der Waals surface area contributed by atoms with Crippen LogP contribution in [0.5, 0.6) is 0 Å². The van der Waals surface area contributed by atoms with Gasteiger partial charge in [0.2, 0.25) is 11.8 Å². The number of nitrogens with zero attached hydrogens (tertiary/aromatic N) is 2. The van der Waals surface area contributed by atoms with Crippen molar-refractivity contribution in [3.63, 3.8) is 0 Å². The van der Waals surface area contributed by atoms with Gasteiger partial charge in [-0.2, -0.15) is 0 Å². The van der Waals surface area contributed by atoms with Gasteiger partial charge < -0.3 is 9.80 Å². The Balaban J connectivity index is 1.83. The average molecular weight is 344 g/mol. The predicted molar refractivity (Wildman–Crippen MR) is 101 cm³/mol. The largest absolute Gasteiger partial charge is 0.341 e. The third-order valence-corrected chi connectivity index (χ3v) is 4.59. The fourth-order valence-corrected chi connectivity index (χ4v) is 3.26. The third kappa shape index (κ3) is 6.52. The van der Waals surface area contributed by atoms with Gasteiger partial charge in [-0.25, -0.2) is 0 Å². The summed E-state index contributed by atoms with van der Waals surface area (Å²) in [5, 5.41) is 0. The van der Waals surface area contributed by atoms with Gasteiger partial charge in [-0.15, -0.1) is 0 Å². The molecule has 1 aliphatic heterocycles. The lowest BCUT2D eigenvalue weighted by Gasteiger charge is -2.25. The molecule has 0 atom stereocenters. The van der Waals surface area contributed by atoms with Gasteiger partial charge in [-0.1, -0.05) is 50.6 Å². The van der Waals surface area contributed by atoms with Gasteiger partial charge in [0.1, 0.15) is 0 Å². The van der Waals surface area contributed by atoms with Crippen molar-refractivity contribution in [2.45, 2.75) is 53.4 Å². The van der Waals surface area contributed by atoms with E-state index in [1.165, 1.54) is 11.1 Å². The number of hydrogen-bond donors (Lipinski definition) is 0. The molecule has 2 amide bonds. The Bertz CT molecular complexity index is 604. The van der Waals surface area contributed by atoms with Crippen LogP contribution in [-0.2, 0) is 16.0 Å². The zero-order chi connectivity index (χ0) is 18.4. The minimum atomic E-state index is 0.00666. The number of hydrogen-bond acceptors (Lipinski definition) is 2. The van der Waals surface area contributed by atoms with Crippen LogP contribution in [0.3, 0.4) is 0 Å². The molecule has 1 aliphatic rings. The van der Waals surface area contributed by atoms with Gasteiger partial charge in [0, 0.05) is 39.0 Å². The van der Waals surface area contributed by atoms with Crippen LogP contribution < -0.4 is 0 Å². The molecule has 138 valence electrons. The zero-order valence-electron chi connectivity index (χ0n) is 16.2. The predicted octanol–water partition coefficient (Wildman–Crippen LogP) is 3.42. The van der Waals surface area contributed by atoms with E-state index in [1.807, 2.05) is 15.9 Å². The molecule has 0 aliphatic carbocycles. The molecule has 0 N–H and O–H groups in total. The van der Waals surface area contributed by atoms with Crippen LogP contribution in [0.4, 0.5) is 0 Å². The fraction of sp³-hybridized carbons (Fsp3) is 0.619. The molecule has 0 spiro atoms. The van der Waals surface area contributed by atoms with E-state index in [0.717, 1.165) is 25.9 Å². The summed E-state index contributed by atoms with van der Waals surface area (Å²) < 4.78 is 0. The Kier molecular flexibility index (Phi) is 6.63. The quantitative estimate of drug-likeness (QED) is 0.840. The van der Waals surface area contributed by atoms with Crippen molar-refractivity contribution in [1.29, 1.82) is 0 Å². The van der Waals surface area contributed by atoms with E-state index in [0.29, 0.717) is 25.9 Å². The van der Waals surface area contributed by atoms with E-state index < -0.39 is 0 Å². The summed E-state index contributed by atoms with van der Waals surface area (Å²) in [5.74, 6) is 0.410. The van der Waals surface area contributed by atoms with Gasteiger partial charge in [0.15, 0.2) is 0 Å². The van der Waals surface area contributed by atoms with E-state index in [1.54, 1.807) is 0 Å². The summed E-state index contributed by atoms with van der Waals surface area (Å²) in [6.45, 7) is 11.2. The number of aryl methyl sites for hydroxylation is 2. The summed E-state index contributed by atoms with van der Waals surface area (Å²) in [6, 6.07) is 8.33. The average Bonchev–Trinajstić information content (AvgIpc) is 2.77. The molecule has 0 unspecified atom stereocenters. The maximum absolute atomic E-state index is 12.5. The lowest BCUT2D eigenvalue weighted by molar-refractivity contribution is -0.134. The van der Waals surface area contributed by atoms with Crippen molar-refractivity contribution >= 4 is 11.8 Å². The first-order valence-corrected chi connectivity index (χ1v) is 9.36. The standard InChI is InChI=1S/C21H32N2O2/c1-17-7-5-8-18(15-17)9-10-19(24)22-11-6-12-23(14-13-22)20(25)16-21(2,3)4/h5,7-8,15H,6,9-14,16H2,1-4H3. The van der Waals surface area contributed by atoms with Crippen molar-refractivity contribution in [2.24, 2.45) is 5.41 Å². The second-order valence-electron chi connectivity index (χ2n) is 8.34. The van der Waals surface area contributed by atoms with Crippen molar-refractivity contribution in [3.8, 4) is 0 Å². The molecule has 4 heteroatoms. The smallest absolute Gasteiger partial charge is 0.223 e. The lowest BCUT2D eigenvalue weighted by Crippen LogP contribution is -2.38. The molecule has 0 bridgehead atoms. The molecule has 1 aromatic rings. The molecule has 1 aromatic carbocycles. The molecule has 0 radical (unpaired) electrons. The molecular weight excluding hydrogens is 312 g/mol. The number of amides is 2. The van der Waals surface area contributed by atoms with Crippen LogP contribution in [0.2, 0.25) is 0 Å². The summed E-state index contributed by atoms with van der Waals surface area (Å²) in [4.78, 5) is 28.8. The second kappa shape index (κ2) is 8.50. The Labute approximate surface area is 152 Å². The molecule has 0 saturated carbocycles. The molecular formula is C21H32N2O2. The maximum atomic E-state index is 12.5. The number of rotatable bonds is 4. The van der Waals surface area contributed by atoms with Crippen molar-refractivity contribution < 1.29 is 9.59 Å². The highest BCUT2D eigenvalue weighted by Gasteiger charge is 2.24. The first-order valence-electron chi connectivity index (χ1n) is 9.36. The van der Waals surface area contributed by atoms with Crippen LogP contribution in [0.15, 0.2) is 24.3 Å². The van der Waals surface area contributed by atoms with Gasteiger partial charge in [0.05, 0.1) is 0 Å². The van der Waals surface area contributed by atoms with E-state index >= 15 is 0 Å². The van der Waals surface area contributed by atoms with Crippen LogP contribution in [0.1, 0.15) is 51.2 Å². The first-order chi connectivity index (χ1) is 11.7. The zero-order valence-corrected chi connectivity index (χ0v) is 16.2. The highest BCUT2D eigenvalue weighted by atomic mass is 16.2. The van der Waals surface area contributed by atoms with Crippen LogP contribution in [0.25, 0.3) is 0 Å². The monoisotopic (exact) mass is 344 g/mol. The number of carbonyl (C=O) groups excluding carboxylic acids is 2.